The van der Waals surface area contributed by atoms with Crippen molar-refractivity contribution in [3.05, 3.63) is 35.7 Å². The number of rotatable bonds is 5. The molecular formula is C14H19N3O2. The van der Waals surface area contributed by atoms with E-state index in [1.807, 2.05) is 18.2 Å². The van der Waals surface area contributed by atoms with Crippen molar-refractivity contribution in [2.45, 2.75) is 32.4 Å². The predicted molar refractivity (Wildman–Crippen MR) is 72.4 cm³/mol. The number of nitrogens with zero attached hydrogens (tertiary/aromatic N) is 2. The first kappa shape index (κ1) is 13.7. The maximum absolute atomic E-state index is 5.46. The molecule has 0 atom stereocenters. The van der Waals surface area contributed by atoms with Crippen molar-refractivity contribution in [1.29, 1.82) is 0 Å². The van der Waals surface area contributed by atoms with E-state index in [1.165, 1.54) is 5.56 Å². The largest absolute Gasteiger partial charge is 0.378 e. The Kier molecular flexibility index (Phi) is 3.97. The first-order valence-electron chi connectivity index (χ1n) is 6.21. The molecule has 0 radical (unpaired) electrons. The quantitative estimate of drug-likeness (QED) is 0.892. The molecule has 0 aliphatic heterocycles. The van der Waals surface area contributed by atoms with Crippen LogP contribution in [-0.4, -0.2) is 22.9 Å². The van der Waals surface area contributed by atoms with Gasteiger partial charge in [-0.25, -0.2) is 0 Å². The van der Waals surface area contributed by atoms with E-state index in [-0.39, 0.29) is 12.1 Å². The minimum absolute atomic E-state index is 0.196. The third-order valence-corrected chi connectivity index (χ3v) is 3.01. The Bertz CT molecular complexity index is 549. The van der Waals surface area contributed by atoms with Crippen LogP contribution in [0.5, 0.6) is 0 Å². The van der Waals surface area contributed by atoms with Gasteiger partial charge in [0, 0.05) is 19.1 Å². The molecule has 5 heteroatoms. The lowest BCUT2D eigenvalue weighted by Gasteiger charge is -2.22. The van der Waals surface area contributed by atoms with Crippen LogP contribution in [0.3, 0.4) is 0 Å². The zero-order chi connectivity index (χ0) is 13.9. The Labute approximate surface area is 112 Å². The lowest BCUT2D eigenvalue weighted by molar-refractivity contribution is 0.0232. The van der Waals surface area contributed by atoms with Gasteiger partial charge < -0.3 is 15.0 Å². The predicted octanol–water partition coefficient (Wildman–Crippen LogP) is 2.16. The van der Waals surface area contributed by atoms with Crippen LogP contribution in [0, 0.1) is 0 Å². The number of aromatic nitrogens is 2. The molecule has 102 valence electrons. The van der Waals surface area contributed by atoms with Crippen molar-refractivity contribution in [2.24, 2.45) is 5.73 Å². The van der Waals surface area contributed by atoms with Crippen LogP contribution in [0.25, 0.3) is 11.4 Å². The van der Waals surface area contributed by atoms with E-state index in [2.05, 4.69) is 30.1 Å². The van der Waals surface area contributed by atoms with Gasteiger partial charge in [-0.2, -0.15) is 4.98 Å². The van der Waals surface area contributed by atoms with Gasteiger partial charge in [0.15, 0.2) is 0 Å². The molecule has 2 N–H and O–H groups in total. The smallest absolute Gasteiger partial charge is 0.240 e. The SMILES string of the molecule is COC(C)(C)Cc1cccc(-c2noc(CN)n2)c1. The molecule has 0 unspecified atom stereocenters. The number of hydrogen-bond acceptors (Lipinski definition) is 5. The second kappa shape index (κ2) is 5.50. The third kappa shape index (κ3) is 3.39. The monoisotopic (exact) mass is 261 g/mol. The molecule has 0 bridgehead atoms. The molecule has 5 nitrogen and oxygen atoms in total. The minimum atomic E-state index is -0.196. The van der Waals surface area contributed by atoms with Gasteiger partial charge in [-0.3, -0.25) is 0 Å². The normalized spacial score (nSPS) is 11.8. The highest BCUT2D eigenvalue weighted by molar-refractivity contribution is 5.55. The van der Waals surface area contributed by atoms with Crippen molar-refractivity contribution in [3.63, 3.8) is 0 Å². The zero-order valence-electron chi connectivity index (χ0n) is 11.5. The van der Waals surface area contributed by atoms with Crippen LogP contribution < -0.4 is 5.73 Å². The molecule has 0 fully saturated rings. The zero-order valence-corrected chi connectivity index (χ0v) is 11.5. The molecule has 0 aliphatic rings. The molecular weight excluding hydrogens is 242 g/mol. The lowest BCUT2D eigenvalue weighted by atomic mass is 9.97. The molecule has 0 saturated carbocycles. The van der Waals surface area contributed by atoms with Gasteiger partial charge >= 0.3 is 0 Å². The van der Waals surface area contributed by atoms with Gasteiger partial charge in [0.25, 0.3) is 0 Å². The minimum Gasteiger partial charge on any atom is -0.378 e. The number of methoxy groups -OCH3 is 1. The summed E-state index contributed by atoms with van der Waals surface area (Å²) >= 11 is 0. The molecule has 0 amide bonds. The maximum atomic E-state index is 5.46. The van der Waals surface area contributed by atoms with E-state index in [0.717, 1.165) is 12.0 Å². The Morgan fingerprint density at radius 3 is 2.79 bits per heavy atom. The molecule has 0 aliphatic carbocycles. The molecule has 19 heavy (non-hydrogen) atoms. The number of nitrogens with two attached hydrogens (primary N) is 1. The Balaban J connectivity index is 2.24. The standard InChI is InChI=1S/C14H19N3O2/c1-14(2,18-3)8-10-5-4-6-11(7-10)13-16-12(9-15)19-17-13/h4-7H,8-9,15H2,1-3H3. The summed E-state index contributed by atoms with van der Waals surface area (Å²) in [6.45, 7) is 4.37. The molecule has 2 rings (SSSR count). The number of ether oxygens (including phenoxy) is 1. The maximum Gasteiger partial charge on any atom is 0.240 e. The second-order valence-electron chi connectivity index (χ2n) is 5.06. The van der Waals surface area contributed by atoms with E-state index in [0.29, 0.717) is 11.7 Å². The lowest BCUT2D eigenvalue weighted by Crippen LogP contribution is -2.25. The van der Waals surface area contributed by atoms with Crippen molar-refractivity contribution in [1.82, 2.24) is 10.1 Å². The van der Waals surface area contributed by atoms with Crippen LogP contribution in [0.2, 0.25) is 0 Å². The van der Waals surface area contributed by atoms with Crippen molar-refractivity contribution >= 4 is 0 Å². The Morgan fingerprint density at radius 2 is 2.16 bits per heavy atom. The summed E-state index contributed by atoms with van der Waals surface area (Å²) in [6.07, 6.45) is 0.818. The van der Waals surface area contributed by atoms with Gasteiger partial charge in [-0.15, -0.1) is 0 Å². The number of benzene rings is 1. The third-order valence-electron chi connectivity index (χ3n) is 3.01. The van der Waals surface area contributed by atoms with Gasteiger partial charge in [0.2, 0.25) is 11.7 Å². The highest BCUT2D eigenvalue weighted by Crippen LogP contribution is 2.21. The summed E-state index contributed by atoms with van der Waals surface area (Å²) in [6, 6.07) is 8.05. The fourth-order valence-electron chi connectivity index (χ4n) is 1.84. The molecule has 0 saturated heterocycles. The summed E-state index contributed by atoms with van der Waals surface area (Å²) in [7, 11) is 1.72. The molecule has 0 spiro atoms. The first-order valence-corrected chi connectivity index (χ1v) is 6.21. The Morgan fingerprint density at radius 1 is 1.37 bits per heavy atom. The van der Waals surface area contributed by atoms with Crippen LogP contribution in [-0.2, 0) is 17.7 Å². The van der Waals surface area contributed by atoms with Gasteiger partial charge in [0.05, 0.1) is 12.1 Å². The average molecular weight is 261 g/mol. The van der Waals surface area contributed by atoms with Crippen molar-refractivity contribution < 1.29 is 9.26 Å². The summed E-state index contributed by atoms with van der Waals surface area (Å²) in [4.78, 5) is 4.22. The summed E-state index contributed by atoms with van der Waals surface area (Å²) < 4.78 is 10.5. The van der Waals surface area contributed by atoms with Gasteiger partial charge in [-0.1, -0.05) is 23.4 Å². The fraction of sp³-hybridized carbons (Fsp3) is 0.429. The highest BCUT2D eigenvalue weighted by atomic mass is 16.5. The van der Waals surface area contributed by atoms with E-state index >= 15 is 0 Å². The summed E-state index contributed by atoms with van der Waals surface area (Å²) in [5, 5.41) is 3.92. The summed E-state index contributed by atoms with van der Waals surface area (Å²) in [5.74, 6) is 1.01. The first-order chi connectivity index (χ1) is 9.04. The molecule has 2 aromatic rings. The van der Waals surface area contributed by atoms with E-state index in [1.54, 1.807) is 7.11 Å². The van der Waals surface area contributed by atoms with E-state index in [4.69, 9.17) is 15.0 Å². The van der Waals surface area contributed by atoms with Crippen LogP contribution in [0.1, 0.15) is 25.3 Å². The van der Waals surface area contributed by atoms with Crippen molar-refractivity contribution in [3.8, 4) is 11.4 Å². The topological polar surface area (TPSA) is 74.2 Å². The van der Waals surface area contributed by atoms with Crippen molar-refractivity contribution in [2.75, 3.05) is 7.11 Å². The highest BCUT2D eigenvalue weighted by Gasteiger charge is 2.17. The molecule has 1 aromatic heterocycles. The average Bonchev–Trinajstić information content (AvgIpc) is 2.87. The number of hydrogen-bond donors (Lipinski definition) is 1. The summed E-state index contributed by atoms with van der Waals surface area (Å²) in [5.41, 5.74) is 7.36. The van der Waals surface area contributed by atoms with Crippen LogP contribution in [0.15, 0.2) is 28.8 Å². The molecule has 1 heterocycles. The van der Waals surface area contributed by atoms with Gasteiger partial charge in [0.1, 0.15) is 0 Å². The molecule has 1 aromatic carbocycles. The van der Waals surface area contributed by atoms with E-state index < -0.39 is 0 Å². The van der Waals surface area contributed by atoms with Gasteiger partial charge in [-0.05, 0) is 25.5 Å². The van der Waals surface area contributed by atoms with Crippen LogP contribution in [0.4, 0.5) is 0 Å². The fourth-order valence-corrected chi connectivity index (χ4v) is 1.84. The Hall–Kier alpha value is -1.72. The van der Waals surface area contributed by atoms with Crippen LogP contribution >= 0.6 is 0 Å². The second-order valence-corrected chi connectivity index (χ2v) is 5.06. The van der Waals surface area contributed by atoms with E-state index in [9.17, 15) is 0 Å².